The summed E-state index contributed by atoms with van der Waals surface area (Å²) >= 11 is 0. The van der Waals surface area contributed by atoms with Crippen molar-refractivity contribution < 1.29 is 18.0 Å². The number of nitrogens with one attached hydrogen (secondary N) is 1. The molecular weight excluding hydrogens is 311 g/mol. The van der Waals surface area contributed by atoms with Gasteiger partial charge in [-0.15, -0.1) is 0 Å². The number of hydrogen-bond donors (Lipinski definition) is 1. The SMILES string of the molecule is CNC(=O)C1CCN(c2nc(N(C)C)cc(C(F)(F)F)n2)CC1. The number of halogens is 3. The molecule has 0 bridgehead atoms. The molecule has 2 heterocycles. The van der Waals surface area contributed by atoms with E-state index in [9.17, 15) is 18.0 Å². The molecule has 1 aliphatic heterocycles. The van der Waals surface area contributed by atoms with E-state index in [2.05, 4.69) is 15.3 Å². The van der Waals surface area contributed by atoms with E-state index in [1.165, 1.54) is 4.90 Å². The minimum absolute atomic E-state index is 0.0383. The van der Waals surface area contributed by atoms with Crippen molar-refractivity contribution in [2.24, 2.45) is 5.92 Å². The number of carbonyl (C=O) groups excluding carboxylic acids is 1. The van der Waals surface area contributed by atoms with Gasteiger partial charge in [-0.3, -0.25) is 4.79 Å². The van der Waals surface area contributed by atoms with Gasteiger partial charge in [-0.25, -0.2) is 4.98 Å². The van der Waals surface area contributed by atoms with Crippen LogP contribution in [0.4, 0.5) is 24.9 Å². The first-order valence-corrected chi connectivity index (χ1v) is 7.32. The number of anilines is 2. The number of alkyl halides is 3. The minimum atomic E-state index is -4.52. The molecule has 9 heteroatoms. The van der Waals surface area contributed by atoms with Gasteiger partial charge in [0.05, 0.1) is 0 Å². The zero-order valence-corrected chi connectivity index (χ0v) is 13.3. The molecule has 1 aromatic heterocycles. The molecule has 0 saturated carbocycles. The molecule has 1 amide bonds. The van der Waals surface area contributed by atoms with Crippen LogP contribution in [0.5, 0.6) is 0 Å². The Bertz CT molecular complexity index is 568. The van der Waals surface area contributed by atoms with E-state index in [0.29, 0.717) is 25.9 Å². The Balaban J connectivity index is 2.23. The van der Waals surface area contributed by atoms with E-state index in [1.807, 2.05) is 0 Å². The van der Waals surface area contributed by atoms with E-state index in [0.717, 1.165) is 6.07 Å². The van der Waals surface area contributed by atoms with Crippen molar-refractivity contribution in [1.29, 1.82) is 0 Å². The first-order valence-electron chi connectivity index (χ1n) is 7.32. The number of rotatable bonds is 3. The second-order valence-electron chi connectivity index (χ2n) is 5.68. The van der Waals surface area contributed by atoms with Crippen molar-refractivity contribution in [2.75, 3.05) is 44.0 Å². The lowest BCUT2D eigenvalue weighted by Gasteiger charge is -2.31. The van der Waals surface area contributed by atoms with Gasteiger partial charge in [-0.2, -0.15) is 18.2 Å². The lowest BCUT2D eigenvalue weighted by Crippen LogP contribution is -2.40. The molecule has 0 unspecified atom stereocenters. The Morgan fingerprint density at radius 2 is 1.91 bits per heavy atom. The summed E-state index contributed by atoms with van der Waals surface area (Å²) in [6.07, 6.45) is -3.39. The summed E-state index contributed by atoms with van der Waals surface area (Å²) in [5.41, 5.74) is -0.959. The van der Waals surface area contributed by atoms with Crippen LogP contribution < -0.4 is 15.1 Å². The topological polar surface area (TPSA) is 61.4 Å². The molecule has 1 fully saturated rings. The third kappa shape index (κ3) is 4.02. The molecule has 0 aromatic carbocycles. The lowest BCUT2D eigenvalue weighted by atomic mass is 9.96. The van der Waals surface area contributed by atoms with E-state index in [-0.39, 0.29) is 23.6 Å². The average molecular weight is 331 g/mol. The predicted octanol–water partition coefficient (Wildman–Crippen LogP) is 1.52. The van der Waals surface area contributed by atoms with Crippen molar-refractivity contribution >= 4 is 17.7 Å². The summed E-state index contributed by atoms with van der Waals surface area (Å²) < 4.78 is 39.0. The average Bonchev–Trinajstić information content (AvgIpc) is 2.53. The van der Waals surface area contributed by atoms with Gasteiger partial charge in [0.25, 0.3) is 0 Å². The summed E-state index contributed by atoms with van der Waals surface area (Å²) in [5.74, 6) is 0.105. The molecular formula is C14H20F3N5O. The molecule has 0 atom stereocenters. The van der Waals surface area contributed by atoms with E-state index in [4.69, 9.17) is 0 Å². The highest BCUT2D eigenvalue weighted by Crippen LogP contribution is 2.31. The highest BCUT2D eigenvalue weighted by Gasteiger charge is 2.35. The number of piperidine rings is 1. The Labute approximate surface area is 132 Å². The van der Waals surface area contributed by atoms with Crippen LogP contribution in [0.15, 0.2) is 6.07 Å². The number of carbonyl (C=O) groups is 1. The predicted molar refractivity (Wildman–Crippen MR) is 80.4 cm³/mol. The summed E-state index contributed by atoms with van der Waals surface area (Å²) in [6.45, 7) is 0.901. The molecule has 0 radical (unpaired) electrons. The maximum absolute atomic E-state index is 13.0. The van der Waals surface area contributed by atoms with Crippen molar-refractivity contribution in [1.82, 2.24) is 15.3 Å². The normalized spacial score (nSPS) is 16.3. The van der Waals surface area contributed by atoms with Crippen molar-refractivity contribution in [3.8, 4) is 0 Å². The minimum Gasteiger partial charge on any atom is -0.363 e. The molecule has 1 aromatic rings. The second kappa shape index (κ2) is 6.59. The fourth-order valence-electron chi connectivity index (χ4n) is 2.48. The maximum atomic E-state index is 13.0. The number of aromatic nitrogens is 2. The van der Waals surface area contributed by atoms with Gasteiger partial charge in [-0.1, -0.05) is 0 Å². The molecule has 6 nitrogen and oxygen atoms in total. The highest BCUT2D eigenvalue weighted by molar-refractivity contribution is 5.78. The van der Waals surface area contributed by atoms with Crippen LogP contribution in [0.25, 0.3) is 0 Å². The molecule has 0 aliphatic carbocycles. The van der Waals surface area contributed by atoms with Crippen LogP contribution in [0.1, 0.15) is 18.5 Å². The van der Waals surface area contributed by atoms with E-state index in [1.54, 1.807) is 26.0 Å². The molecule has 23 heavy (non-hydrogen) atoms. The smallest absolute Gasteiger partial charge is 0.363 e. The van der Waals surface area contributed by atoms with E-state index >= 15 is 0 Å². The molecule has 1 N–H and O–H groups in total. The molecule has 1 saturated heterocycles. The van der Waals surface area contributed by atoms with Crippen LogP contribution in [0, 0.1) is 5.92 Å². The van der Waals surface area contributed by atoms with Crippen LogP contribution in [-0.4, -0.2) is 50.1 Å². The van der Waals surface area contributed by atoms with Crippen LogP contribution >= 0.6 is 0 Å². The summed E-state index contributed by atoms with van der Waals surface area (Å²) in [5, 5.41) is 2.60. The van der Waals surface area contributed by atoms with E-state index < -0.39 is 11.9 Å². The first-order chi connectivity index (χ1) is 10.7. The van der Waals surface area contributed by atoms with Gasteiger partial charge < -0.3 is 15.1 Å². The maximum Gasteiger partial charge on any atom is 0.433 e. The fourth-order valence-corrected chi connectivity index (χ4v) is 2.48. The quantitative estimate of drug-likeness (QED) is 0.910. The largest absolute Gasteiger partial charge is 0.433 e. The zero-order chi connectivity index (χ0) is 17.2. The van der Waals surface area contributed by atoms with Gasteiger partial charge >= 0.3 is 6.18 Å². The lowest BCUT2D eigenvalue weighted by molar-refractivity contribution is -0.141. The molecule has 128 valence electrons. The Morgan fingerprint density at radius 3 is 2.39 bits per heavy atom. The van der Waals surface area contributed by atoms with Crippen LogP contribution in [0.2, 0.25) is 0 Å². The third-order valence-corrected chi connectivity index (χ3v) is 3.84. The fraction of sp³-hybridized carbons (Fsp3) is 0.643. The van der Waals surface area contributed by atoms with Gasteiger partial charge in [0.15, 0.2) is 5.69 Å². The number of amides is 1. The summed E-state index contributed by atoms with van der Waals surface area (Å²) in [6, 6.07) is 0.931. The standard InChI is InChI=1S/C14H20F3N5O/c1-18-12(23)9-4-6-22(7-5-9)13-19-10(14(15,16)17)8-11(20-13)21(2)3/h8-9H,4-7H2,1-3H3,(H,18,23). The third-order valence-electron chi connectivity index (χ3n) is 3.84. The monoisotopic (exact) mass is 331 g/mol. The molecule has 0 spiro atoms. The van der Waals surface area contributed by atoms with Gasteiger partial charge in [0.2, 0.25) is 11.9 Å². The highest BCUT2D eigenvalue weighted by atomic mass is 19.4. The van der Waals surface area contributed by atoms with Crippen LogP contribution in [-0.2, 0) is 11.0 Å². The van der Waals surface area contributed by atoms with Gasteiger partial charge in [0.1, 0.15) is 5.82 Å². The van der Waals surface area contributed by atoms with Crippen molar-refractivity contribution in [3.05, 3.63) is 11.8 Å². The Hall–Kier alpha value is -2.06. The second-order valence-corrected chi connectivity index (χ2v) is 5.68. The van der Waals surface area contributed by atoms with Gasteiger partial charge in [0, 0.05) is 46.2 Å². The molecule has 1 aliphatic rings. The molecule has 2 rings (SSSR count). The Kier molecular flexibility index (Phi) is 4.96. The first kappa shape index (κ1) is 17.3. The van der Waals surface area contributed by atoms with Crippen LogP contribution in [0.3, 0.4) is 0 Å². The zero-order valence-electron chi connectivity index (χ0n) is 13.3. The Morgan fingerprint density at radius 1 is 1.30 bits per heavy atom. The van der Waals surface area contributed by atoms with Gasteiger partial charge in [-0.05, 0) is 12.8 Å². The number of hydrogen-bond acceptors (Lipinski definition) is 5. The summed E-state index contributed by atoms with van der Waals surface area (Å²) in [7, 11) is 4.84. The summed E-state index contributed by atoms with van der Waals surface area (Å²) in [4.78, 5) is 22.7. The van der Waals surface area contributed by atoms with Crippen molar-refractivity contribution in [2.45, 2.75) is 19.0 Å². The number of nitrogens with zero attached hydrogens (tertiary/aromatic N) is 4. The van der Waals surface area contributed by atoms with Crippen molar-refractivity contribution in [3.63, 3.8) is 0 Å².